The Morgan fingerprint density at radius 2 is 1.79 bits per heavy atom. The fraction of sp³-hybridized carbons (Fsp3) is 0.182. The van der Waals surface area contributed by atoms with Crippen molar-refractivity contribution in [2.75, 3.05) is 0 Å². The lowest BCUT2D eigenvalue weighted by atomic mass is 10.3. The third-order valence-electron chi connectivity index (χ3n) is 2.93. The molecule has 0 saturated carbocycles. The second-order valence-electron chi connectivity index (χ2n) is 4.12. The number of fused-ring (bicyclic) bond motifs is 1. The van der Waals surface area contributed by atoms with E-state index in [0.29, 0.717) is 17.0 Å². The number of rotatable bonds is 1. The molecule has 0 saturated heterocycles. The van der Waals surface area contributed by atoms with Crippen LogP contribution in [0.4, 0.5) is 0 Å². The second-order valence-corrected chi connectivity index (χ2v) is 4.12. The largest absolute Gasteiger partial charge is 0.332 e. The van der Waals surface area contributed by atoms with Crippen molar-refractivity contribution in [3.05, 3.63) is 39.6 Å². The topological polar surface area (TPSA) is 98.5 Å². The Kier molecular flexibility index (Phi) is 2.31. The van der Waals surface area contributed by atoms with Gasteiger partial charge in [0.15, 0.2) is 5.65 Å². The van der Waals surface area contributed by atoms with Gasteiger partial charge in [-0.25, -0.2) is 19.7 Å². The van der Waals surface area contributed by atoms with Gasteiger partial charge in [-0.05, 0) is 0 Å². The van der Waals surface area contributed by atoms with E-state index in [-0.39, 0.29) is 5.52 Å². The van der Waals surface area contributed by atoms with Crippen LogP contribution in [-0.4, -0.2) is 29.1 Å². The zero-order valence-corrected chi connectivity index (χ0v) is 10.3. The molecule has 3 rings (SSSR count). The van der Waals surface area contributed by atoms with E-state index >= 15 is 0 Å². The van der Waals surface area contributed by atoms with E-state index in [1.165, 1.54) is 17.9 Å². The van der Waals surface area contributed by atoms with E-state index in [1.807, 2.05) is 0 Å². The van der Waals surface area contributed by atoms with Crippen molar-refractivity contribution in [3.63, 3.8) is 0 Å². The lowest BCUT2D eigenvalue weighted by Gasteiger charge is -2.00. The predicted octanol–water partition coefficient (Wildman–Crippen LogP) is -0.583. The minimum atomic E-state index is -0.417. The van der Waals surface area contributed by atoms with Crippen LogP contribution in [0.5, 0.6) is 0 Å². The predicted molar refractivity (Wildman–Crippen MR) is 67.6 cm³/mol. The standard InChI is InChI=1S/C11H10N6O2/c1-16-9-7(10(18)17(2)11(16)19)14-8(15-9)6-3-12-5-13-4-6/h3-5H,1-2H3,(H,14,15). The number of hydrogen-bond donors (Lipinski definition) is 1. The number of aromatic nitrogens is 6. The quantitative estimate of drug-likeness (QED) is 0.629. The van der Waals surface area contributed by atoms with E-state index in [4.69, 9.17) is 0 Å². The highest BCUT2D eigenvalue weighted by Crippen LogP contribution is 2.15. The van der Waals surface area contributed by atoms with Crippen molar-refractivity contribution in [1.82, 2.24) is 29.1 Å². The summed E-state index contributed by atoms with van der Waals surface area (Å²) in [7, 11) is 2.99. The number of aromatic amines is 1. The van der Waals surface area contributed by atoms with Crippen LogP contribution in [0.2, 0.25) is 0 Å². The molecule has 0 aliphatic carbocycles. The molecule has 96 valence electrons. The molecule has 0 atom stereocenters. The highest BCUT2D eigenvalue weighted by Gasteiger charge is 2.14. The van der Waals surface area contributed by atoms with Crippen molar-refractivity contribution in [1.29, 1.82) is 0 Å². The molecule has 0 aliphatic heterocycles. The number of imidazole rings is 1. The monoisotopic (exact) mass is 258 g/mol. The van der Waals surface area contributed by atoms with Crippen LogP contribution < -0.4 is 11.2 Å². The summed E-state index contributed by atoms with van der Waals surface area (Å²) in [4.78, 5) is 38.7. The molecule has 0 radical (unpaired) electrons. The molecule has 0 aromatic carbocycles. The molecule has 8 heteroatoms. The normalized spacial score (nSPS) is 11.1. The number of aryl methyl sites for hydroxylation is 1. The summed E-state index contributed by atoms with van der Waals surface area (Å²) in [5, 5.41) is 0. The summed E-state index contributed by atoms with van der Waals surface area (Å²) in [5.74, 6) is 0.453. The molecular weight excluding hydrogens is 248 g/mol. The van der Waals surface area contributed by atoms with E-state index in [2.05, 4.69) is 19.9 Å². The minimum absolute atomic E-state index is 0.281. The highest BCUT2D eigenvalue weighted by atomic mass is 16.2. The van der Waals surface area contributed by atoms with Gasteiger partial charge in [-0.3, -0.25) is 13.9 Å². The van der Waals surface area contributed by atoms with Gasteiger partial charge in [-0.1, -0.05) is 0 Å². The Morgan fingerprint density at radius 3 is 2.47 bits per heavy atom. The minimum Gasteiger partial charge on any atom is -0.332 e. The van der Waals surface area contributed by atoms with Gasteiger partial charge < -0.3 is 4.98 Å². The zero-order valence-electron chi connectivity index (χ0n) is 10.3. The third kappa shape index (κ3) is 1.57. The van der Waals surface area contributed by atoms with Crippen molar-refractivity contribution >= 4 is 11.2 Å². The van der Waals surface area contributed by atoms with Crippen LogP contribution in [-0.2, 0) is 14.1 Å². The van der Waals surface area contributed by atoms with Gasteiger partial charge in [0, 0.05) is 26.5 Å². The fourth-order valence-corrected chi connectivity index (χ4v) is 1.88. The number of hydrogen-bond acceptors (Lipinski definition) is 5. The molecule has 0 unspecified atom stereocenters. The van der Waals surface area contributed by atoms with Crippen molar-refractivity contribution in [3.8, 4) is 11.4 Å². The van der Waals surface area contributed by atoms with Gasteiger partial charge in [0.2, 0.25) is 0 Å². The Morgan fingerprint density at radius 1 is 1.11 bits per heavy atom. The third-order valence-corrected chi connectivity index (χ3v) is 2.93. The van der Waals surface area contributed by atoms with Crippen molar-refractivity contribution < 1.29 is 0 Å². The first-order valence-corrected chi connectivity index (χ1v) is 5.50. The average Bonchev–Trinajstić information content (AvgIpc) is 2.89. The lowest BCUT2D eigenvalue weighted by molar-refractivity contribution is 0.709. The van der Waals surface area contributed by atoms with Crippen LogP contribution in [0.25, 0.3) is 22.6 Å². The van der Waals surface area contributed by atoms with Gasteiger partial charge in [-0.2, -0.15) is 0 Å². The van der Waals surface area contributed by atoms with Gasteiger partial charge in [0.05, 0.1) is 5.56 Å². The first-order chi connectivity index (χ1) is 9.09. The molecule has 0 spiro atoms. The molecular formula is C11H10N6O2. The maximum atomic E-state index is 12.0. The molecule has 0 fully saturated rings. The molecule has 0 amide bonds. The SMILES string of the molecule is Cn1c(=O)c2[nH]c(-c3cncnc3)nc2n(C)c1=O. The summed E-state index contributed by atoms with van der Waals surface area (Å²) >= 11 is 0. The Hall–Kier alpha value is -2.77. The van der Waals surface area contributed by atoms with Gasteiger partial charge >= 0.3 is 5.69 Å². The zero-order chi connectivity index (χ0) is 13.6. The van der Waals surface area contributed by atoms with E-state index in [1.54, 1.807) is 19.4 Å². The molecule has 19 heavy (non-hydrogen) atoms. The number of nitrogens with zero attached hydrogens (tertiary/aromatic N) is 5. The summed E-state index contributed by atoms with van der Waals surface area (Å²) in [6.07, 6.45) is 4.56. The molecule has 8 nitrogen and oxygen atoms in total. The van der Waals surface area contributed by atoms with Crippen LogP contribution in [0.3, 0.4) is 0 Å². The molecule has 1 N–H and O–H groups in total. The van der Waals surface area contributed by atoms with E-state index in [9.17, 15) is 9.59 Å². The van der Waals surface area contributed by atoms with Crippen LogP contribution in [0.1, 0.15) is 0 Å². The molecule has 3 aromatic heterocycles. The van der Waals surface area contributed by atoms with Gasteiger partial charge in [0.1, 0.15) is 17.7 Å². The summed E-state index contributed by atoms with van der Waals surface area (Å²) in [5.41, 5.74) is 0.414. The first kappa shape index (κ1) is 11.3. The van der Waals surface area contributed by atoms with Gasteiger partial charge in [0.25, 0.3) is 5.56 Å². The summed E-state index contributed by atoms with van der Waals surface area (Å²) < 4.78 is 2.35. The lowest BCUT2D eigenvalue weighted by Crippen LogP contribution is -2.36. The summed E-state index contributed by atoms with van der Waals surface area (Å²) in [6.45, 7) is 0. The molecule has 3 aromatic rings. The van der Waals surface area contributed by atoms with Crippen molar-refractivity contribution in [2.45, 2.75) is 0 Å². The maximum absolute atomic E-state index is 12.0. The Labute approximate surface area is 106 Å². The Bertz CT molecular complexity index is 874. The van der Waals surface area contributed by atoms with E-state index in [0.717, 1.165) is 4.57 Å². The molecule has 3 heterocycles. The van der Waals surface area contributed by atoms with Crippen LogP contribution in [0, 0.1) is 0 Å². The highest BCUT2D eigenvalue weighted by molar-refractivity contribution is 5.74. The van der Waals surface area contributed by atoms with Crippen LogP contribution in [0.15, 0.2) is 28.3 Å². The Balaban J connectivity index is 2.40. The van der Waals surface area contributed by atoms with Crippen LogP contribution >= 0.6 is 0 Å². The molecule has 0 bridgehead atoms. The summed E-state index contributed by atoms with van der Waals surface area (Å²) in [6, 6.07) is 0. The number of nitrogens with one attached hydrogen (secondary N) is 1. The molecule has 0 aliphatic rings. The van der Waals surface area contributed by atoms with Gasteiger partial charge in [-0.15, -0.1) is 0 Å². The number of H-pyrrole nitrogens is 1. The average molecular weight is 258 g/mol. The van der Waals surface area contributed by atoms with Crippen molar-refractivity contribution in [2.24, 2.45) is 14.1 Å². The second kappa shape index (κ2) is 3.87. The fourth-order valence-electron chi connectivity index (χ4n) is 1.88. The smallest absolute Gasteiger partial charge is 0.332 e. The first-order valence-electron chi connectivity index (χ1n) is 5.50. The van der Waals surface area contributed by atoms with E-state index < -0.39 is 11.2 Å². The maximum Gasteiger partial charge on any atom is 0.332 e.